The van der Waals surface area contributed by atoms with Gasteiger partial charge in [0, 0.05) is 13.1 Å². The third kappa shape index (κ3) is 3.83. The molecule has 2 heterocycles. The first kappa shape index (κ1) is 15.8. The van der Waals surface area contributed by atoms with E-state index in [0.717, 1.165) is 31.8 Å². The minimum absolute atomic E-state index is 0. The average molecular weight is 284 g/mol. The van der Waals surface area contributed by atoms with Gasteiger partial charge in [-0.1, -0.05) is 19.9 Å². The summed E-state index contributed by atoms with van der Waals surface area (Å²) in [6.45, 7) is 6.17. The van der Waals surface area contributed by atoms with E-state index in [9.17, 15) is 4.79 Å². The number of likely N-dealkylation sites (tertiary alicyclic amines) is 1. The largest absolute Gasteiger partial charge is 0.384 e. The molecule has 1 aliphatic rings. The van der Waals surface area contributed by atoms with Crippen LogP contribution in [0.25, 0.3) is 0 Å². The summed E-state index contributed by atoms with van der Waals surface area (Å²) in [5.74, 6) is 1.85. The van der Waals surface area contributed by atoms with Crippen LogP contribution in [0.3, 0.4) is 0 Å². The summed E-state index contributed by atoms with van der Waals surface area (Å²) in [4.78, 5) is 18.2. The van der Waals surface area contributed by atoms with Crippen LogP contribution in [-0.2, 0) is 0 Å². The molecule has 1 saturated heterocycles. The Morgan fingerprint density at radius 3 is 2.53 bits per heavy atom. The molecule has 0 saturated carbocycles. The van der Waals surface area contributed by atoms with Crippen molar-refractivity contribution in [1.82, 2.24) is 9.88 Å². The van der Waals surface area contributed by atoms with Gasteiger partial charge in [-0.3, -0.25) is 4.79 Å². The maximum Gasteiger partial charge on any atom is 0.272 e. The molecule has 0 aliphatic carbocycles. The van der Waals surface area contributed by atoms with Crippen LogP contribution in [0.1, 0.15) is 37.2 Å². The van der Waals surface area contributed by atoms with Gasteiger partial charge >= 0.3 is 0 Å². The van der Waals surface area contributed by atoms with Gasteiger partial charge in [-0.2, -0.15) is 0 Å². The fourth-order valence-electron chi connectivity index (χ4n) is 2.50. The van der Waals surface area contributed by atoms with Crippen molar-refractivity contribution in [3.63, 3.8) is 0 Å². The third-order valence-corrected chi connectivity index (χ3v) is 3.76. The van der Waals surface area contributed by atoms with Gasteiger partial charge in [-0.15, -0.1) is 12.4 Å². The monoisotopic (exact) mass is 283 g/mol. The number of hydrogen-bond acceptors (Lipinski definition) is 3. The molecule has 1 aromatic rings. The Balaban J connectivity index is 0.00000180. The van der Waals surface area contributed by atoms with Crippen LogP contribution >= 0.6 is 12.4 Å². The molecule has 0 atom stereocenters. The van der Waals surface area contributed by atoms with Crippen LogP contribution in [0.4, 0.5) is 5.82 Å². The Kier molecular flexibility index (Phi) is 5.60. The predicted molar refractivity (Wildman–Crippen MR) is 79.4 cm³/mol. The highest BCUT2D eigenvalue weighted by Gasteiger charge is 2.25. The molecule has 0 spiro atoms. The van der Waals surface area contributed by atoms with E-state index in [1.807, 2.05) is 4.90 Å². The molecule has 0 aromatic carbocycles. The van der Waals surface area contributed by atoms with Crippen LogP contribution < -0.4 is 5.73 Å². The van der Waals surface area contributed by atoms with E-state index in [0.29, 0.717) is 17.4 Å². The van der Waals surface area contributed by atoms with Crippen LogP contribution in [-0.4, -0.2) is 28.9 Å². The molecule has 0 unspecified atom stereocenters. The molecule has 2 N–H and O–H groups in total. The van der Waals surface area contributed by atoms with Crippen LogP contribution in [0.2, 0.25) is 0 Å². The third-order valence-electron chi connectivity index (χ3n) is 3.76. The molecular weight excluding hydrogens is 262 g/mol. The summed E-state index contributed by atoms with van der Waals surface area (Å²) in [5, 5.41) is 0. The number of nitrogens with two attached hydrogens (primary N) is 1. The highest BCUT2D eigenvalue weighted by molar-refractivity contribution is 5.92. The SMILES string of the molecule is CC(C)C1CCN(C(=O)c2cccc(N)n2)CC1.Cl. The normalized spacial score (nSPS) is 16.3. The molecular formula is C14H22ClN3O. The van der Waals surface area contributed by atoms with Gasteiger partial charge in [0.2, 0.25) is 0 Å². The van der Waals surface area contributed by atoms with Gasteiger partial charge in [0.05, 0.1) is 0 Å². The lowest BCUT2D eigenvalue weighted by atomic mass is 9.86. The lowest BCUT2D eigenvalue weighted by Gasteiger charge is -2.33. The topological polar surface area (TPSA) is 59.2 Å². The molecule has 5 heteroatoms. The van der Waals surface area contributed by atoms with Crippen molar-refractivity contribution in [3.8, 4) is 0 Å². The Bertz CT molecular complexity index is 428. The summed E-state index contributed by atoms with van der Waals surface area (Å²) in [5.41, 5.74) is 6.06. The first-order valence-corrected chi connectivity index (χ1v) is 6.59. The highest BCUT2D eigenvalue weighted by Crippen LogP contribution is 2.25. The standard InChI is InChI=1S/C14H21N3O.ClH/c1-10(2)11-6-8-17(9-7-11)14(18)12-4-3-5-13(15)16-12;/h3-5,10-11H,6-9H2,1-2H3,(H2,15,16);1H. The van der Waals surface area contributed by atoms with Crippen molar-refractivity contribution in [3.05, 3.63) is 23.9 Å². The van der Waals surface area contributed by atoms with Crippen LogP contribution in [0.5, 0.6) is 0 Å². The summed E-state index contributed by atoms with van der Waals surface area (Å²) < 4.78 is 0. The van der Waals surface area contributed by atoms with E-state index in [4.69, 9.17) is 5.73 Å². The number of aromatic nitrogens is 1. The van der Waals surface area contributed by atoms with Crippen molar-refractivity contribution >= 4 is 24.1 Å². The number of hydrogen-bond donors (Lipinski definition) is 1. The second-order valence-electron chi connectivity index (χ2n) is 5.32. The van der Waals surface area contributed by atoms with Gasteiger partial charge in [-0.25, -0.2) is 4.98 Å². The van der Waals surface area contributed by atoms with Gasteiger partial charge in [-0.05, 0) is 36.8 Å². The van der Waals surface area contributed by atoms with E-state index in [1.54, 1.807) is 18.2 Å². The average Bonchev–Trinajstić information content (AvgIpc) is 2.38. The lowest BCUT2D eigenvalue weighted by molar-refractivity contribution is 0.0662. The Hall–Kier alpha value is -1.29. The molecule has 0 radical (unpaired) electrons. The number of carbonyl (C=O) groups excluding carboxylic acids is 1. The molecule has 1 amide bonds. The first-order chi connectivity index (χ1) is 8.58. The molecule has 19 heavy (non-hydrogen) atoms. The number of nitrogens with zero attached hydrogens (tertiary/aromatic N) is 2. The lowest BCUT2D eigenvalue weighted by Crippen LogP contribution is -2.39. The summed E-state index contributed by atoms with van der Waals surface area (Å²) >= 11 is 0. The minimum Gasteiger partial charge on any atom is -0.384 e. The Morgan fingerprint density at radius 1 is 1.37 bits per heavy atom. The number of halogens is 1. The van der Waals surface area contributed by atoms with Crippen LogP contribution in [0, 0.1) is 11.8 Å². The molecule has 4 nitrogen and oxygen atoms in total. The number of carbonyl (C=O) groups is 1. The van der Waals surface area contributed by atoms with E-state index >= 15 is 0 Å². The molecule has 1 aromatic heterocycles. The molecule has 0 bridgehead atoms. The number of amides is 1. The smallest absolute Gasteiger partial charge is 0.272 e. The van der Waals surface area contributed by atoms with Gasteiger partial charge in [0.15, 0.2) is 0 Å². The number of anilines is 1. The van der Waals surface area contributed by atoms with Crippen molar-refractivity contribution < 1.29 is 4.79 Å². The first-order valence-electron chi connectivity index (χ1n) is 6.59. The van der Waals surface area contributed by atoms with Gasteiger partial charge < -0.3 is 10.6 Å². The van der Waals surface area contributed by atoms with Crippen LogP contribution in [0.15, 0.2) is 18.2 Å². The summed E-state index contributed by atoms with van der Waals surface area (Å²) in [6, 6.07) is 5.20. The van der Waals surface area contributed by atoms with E-state index in [2.05, 4.69) is 18.8 Å². The van der Waals surface area contributed by atoms with E-state index < -0.39 is 0 Å². The van der Waals surface area contributed by atoms with Crippen molar-refractivity contribution in [2.75, 3.05) is 18.8 Å². The summed E-state index contributed by atoms with van der Waals surface area (Å²) in [6.07, 6.45) is 2.18. The number of nitrogen functional groups attached to an aromatic ring is 1. The quantitative estimate of drug-likeness (QED) is 0.907. The minimum atomic E-state index is 0. The molecule has 2 rings (SSSR count). The molecule has 106 valence electrons. The summed E-state index contributed by atoms with van der Waals surface area (Å²) in [7, 11) is 0. The van der Waals surface area contributed by atoms with Gasteiger partial charge in [0.25, 0.3) is 5.91 Å². The second kappa shape index (κ2) is 6.75. The molecule has 1 aliphatic heterocycles. The maximum absolute atomic E-state index is 12.2. The molecule has 1 fully saturated rings. The zero-order valence-corrected chi connectivity index (χ0v) is 12.3. The zero-order chi connectivity index (χ0) is 13.1. The fourth-order valence-corrected chi connectivity index (χ4v) is 2.50. The Labute approximate surface area is 120 Å². The highest BCUT2D eigenvalue weighted by atomic mass is 35.5. The number of rotatable bonds is 2. The van der Waals surface area contributed by atoms with Crippen molar-refractivity contribution in [2.24, 2.45) is 11.8 Å². The van der Waals surface area contributed by atoms with E-state index in [1.165, 1.54) is 0 Å². The van der Waals surface area contributed by atoms with E-state index in [-0.39, 0.29) is 18.3 Å². The number of pyridine rings is 1. The number of piperidine rings is 1. The van der Waals surface area contributed by atoms with Gasteiger partial charge in [0.1, 0.15) is 11.5 Å². The van der Waals surface area contributed by atoms with Crippen molar-refractivity contribution in [2.45, 2.75) is 26.7 Å². The zero-order valence-electron chi connectivity index (χ0n) is 11.5. The predicted octanol–water partition coefficient (Wildman–Crippen LogP) is 2.59. The second-order valence-corrected chi connectivity index (χ2v) is 5.32. The van der Waals surface area contributed by atoms with Crippen molar-refractivity contribution in [1.29, 1.82) is 0 Å². The Morgan fingerprint density at radius 2 is 2.00 bits per heavy atom. The fraction of sp³-hybridized carbons (Fsp3) is 0.571. The maximum atomic E-state index is 12.2.